The second-order valence-corrected chi connectivity index (χ2v) is 17.4. The van der Waals surface area contributed by atoms with Gasteiger partial charge in [-0.05, 0) is 147 Å². The van der Waals surface area contributed by atoms with Gasteiger partial charge in [-0.2, -0.15) is 0 Å². The lowest BCUT2D eigenvalue weighted by molar-refractivity contribution is 0.230. The number of amides is 2. The zero-order valence-corrected chi connectivity index (χ0v) is 34.6. The number of hydrogen-bond acceptors (Lipinski definition) is 10. The Labute approximate surface area is 335 Å². The lowest BCUT2D eigenvalue weighted by Gasteiger charge is -2.25. The van der Waals surface area contributed by atoms with E-state index in [2.05, 4.69) is 70.7 Å². The zero-order chi connectivity index (χ0) is 38.0. The molecule has 12 heteroatoms. The molecule has 0 aliphatic carbocycles. The molecule has 2 N–H and O–H groups in total. The average Bonchev–Trinajstić information content (AvgIpc) is 4.03. The molecule has 296 valence electrons. The van der Waals surface area contributed by atoms with Crippen LogP contribution < -0.4 is 25.0 Å². The van der Waals surface area contributed by atoms with Gasteiger partial charge >= 0.3 is 6.03 Å². The van der Waals surface area contributed by atoms with Crippen LogP contribution >= 0.6 is 22.7 Å². The van der Waals surface area contributed by atoms with Crippen LogP contribution in [0.5, 0.6) is 11.5 Å². The molecule has 6 heterocycles. The number of thiazole rings is 2. The third kappa shape index (κ3) is 10.4. The summed E-state index contributed by atoms with van der Waals surface area (Å²) in [6.07, 6.45) is 11.8. The van der Waals surface area contributed by atoms with Crippen molar-refractivity contribution >= 4 is 40.3 Å². The van der Waals surface area contributed by atoms with Crippen LogP contribution in [0.2, 0.25) is 0 Å². The first kappa shape index (κ1) is 39.5. The van der Waals surface area contributed by atoms with E-state index in [4.69, 9.17) is 19.4 Å². The highest BCUT2D eigenvalue weighted by Gasteiger charge is 2.27. The van der Waals surface area contributed by atoms with Crippen LogP contribution in [-0.2, 0) is 12.8 Å². The topological polar surface area (TPSA) is 95.1 Å². The third-order valence-corrected chi connectivity index (χ3v) is 13.5. The van der Waals surface area contributed by atoms with Gasteiger partial charge in [0.1, 0.15) is 27.3 Å². The van der Waals surface area contributed by atoms with E-state index < -0.39 is 0 Å². The summed E-state index contributed by atoms with van der Waals surface area (Å²) in [6.45, 7) is 15.3. The predicted octanol–water partition coefficient (Wildman–Crippen LogP) is 8.97. The summed E-state index contributed by atoms with van der Waals surface area (Å²) in [7, 11) is 0. The smallest absolute Gasteiger partial charge is 0.323 e. The lowest BCUT2D eigenvalue weighted by atomic mass is 10.2. The molecular formula is C43H59N7O3S2. The molecule has 2 unspecified atom stereocenters. The van der Waals surface area contributed by atoms with Crippen molar-refractivity contribution in [2.24, 2.45) is 0 Å². The number of urea groups is 1. The molecule has 2 fully saturated rings. The Kier molecular flexibility index (Phi) is 14.0. The number of hydrogen-bond donors (Lipinski definition) is 2. The van der Waals surface area contributed by atoms with E-state index in [1.807, 2.05) is 30.4 Å². The Morgan fingerprint density at radius 1 is 0.764 bits per heavy atom. The summed E-state index contributed by atoms with van der Waals surface area (Å²) in [5, 5.41) is 8.35. The monoisotopic (exact) mass is 785 g/mol. The highest BCUT2D eigenvalue weighted by molar-refractivity contribution is 7.15. The number of fused-ring (bicyclic) bond motifs is 2. The highest BCUT2D eigenvalue weighted by atomic mass is 32.1. The number of aromatic nitrogens is 2. The number of rotatable bonds is 13. The molecule has 10 nitrogen and oxygen atoms in total. The van der Waals surface area contributed by atoms with Crippen molar-refractivity contribution in [3.63, 3.8) is 0 Å². The summed E-state index contributed by atoms with van der Waals surface area (Å²) in [5.41, 5.74) is 2.25. The number of likely N-dealkylation sites (tertiary alicyclic amines) is 2. The minimum Gasteiger partial charge on any atom is -0.494 e. The fourth-order valence-electron chi connectivity index (χ4n) is 7.98. The second-order valence-electron chi connectivity index (χ2n) is 15.2. The van der Waals surface area contributed by atoms with Crippen molar-refractivity contribution < 1.29 is 14.3 Å². The largest absolute Gasteiger partial charge is 0.494 e. The van der Waals surface area contributed by atoms with Crippen LogP contribution in [0.25, 0.3) is 21.1 Å². The van der Waals surface area contributed by atoms with Gasteiger partial charge in [-0.15, -0.1) is 22.7 Å². The van der Waals surface area contributed by atoms with Crippen LogP contribution in [0.4, 0.5) is 16.4 Å². The Bertz CT molecular complexity index is 1790. The minimum atomic E-state index is -0.0534. The van der Waals surface area contributed by atoms with Crippen molar-refractivity contribution in [2.75, 3.05) is 69.2 Å². The van der Waals surface area contributed by atoms with E-state index in [0.717, 1.165) is 122 Å². The summed E-state index contributed by atoms with van der Waals surface area (Å²) in [5.74, 6) is 3.77. The van der Waals surface area contributed by atoms with E-state index in [1.165, 1.54) is 60.5 Å². The van der Waals surface area contributed by atoms with E-state index in [1.54, 1.807) is 16.2 Å². The van der Waals surface area contributed by atoms with E-state index >= 15 is 0 Å². The Hall–Kier alpha value is -3.71. The predicted molar refractivity (Wildman–Crippen MR) is 227 cm³/mol. The summed E-state index contributed by atoms with van der Waals surface area (Å²) in [4.78, 5) is 31.4. The Morgan fingerprint density at radius 2 is 1.33 bits per heavy atom. The maximum atomic E-state index is 12.3. The van der Waals surface area contributed by atoms with Gasteiger partial charge in [-0.3, -0.25) is 4.90 Å². The molecule has 55 heavy (non-hydrogen) atoms. The van der Waals surface area contributed by atoms with Gasteiger partial charge in [0.05, 0.1) is 13.2 Å². The lowest BCUT2D eigenvalue weighted by Crippen LogP contribution is -2.42. The van der Waals surface area contributed by atoms with Crippen molar-refractivity contribution in [3.05, 3.63) is 58.3 Å². The molecule has 4 aromatic rings. The first-order valence-electron chi connectivity index (χ1n) is 20.7. The molecule has 2 aromatic carbocycles. The van der Waals surface area contributed by atoms with Crippen LogP contribution in [0.1, 0.15) is 81.9 Å². The molecule has 2 amide bonds. The van der Waals surface area contributed by atoms with E-state index in [-0.39, 0.29) is 6.03 Å². The standard InChI is InChI=1S/C23H32N4O2S.C20H27N3OS/c1-3-24-23(28)27-15-5-8-20-21(27)25-22(30-20)18-9-11-19(12-10-18)29-16-6-14-26-13-4-7-17(26)2;1-15-5-3-12-23(15)13-4-14-24-17-9-7-16(8-10-17)20-22-19-18(25-20)6-2-11-21-19/h9-12,17H,3-8,13-16H2,1-2H3,(H,24,28);7-10,15,21H,2-6,11-14H2,1H3. The van der Waals surface area contributed by atoms with Crippen LogP contribution in [0.15, 0.2) is 48.5 Å². The van der Waals surface area contributed by atoms with Crippen LogP contribution in [0, 0.1) is 0 Å². The molecule has 0 radical (unpaired) electrons. The number of ether oxygens (including phenoxy) is 2. The van der Waals surface area contributed by atoms with Crippen LogP contribution in [0.3, 0.4) is 0 Å². The molecule has 4 aliphatic heterocycles. The van der Waals surface area contributed by atoms with Crippen molar-refractivity contribution in [1.82, 2.24) is 25.1 Å². The van der Waals surface area contributed by atoms with Gasteiger partial charge in [0.25, 0.3) is 0 Å². The first-order valence-corrected chi connectivity index (χ1v) is 22.3. The summed E-state index contributed by atoms with van der Waals surface area (Å²) in [6, 6.07) is 18.0. The number of anilines is 2. The minimum absolute atomic E-state index is 0.0534. The number of nitrogens with one attached hydrogen (secondary N) is 2. The fourth-order valence-corrected chi connectivity index (χ4v) is 10.2. The maximum Gasteiger partial charge on any atom is 0.323 e. The fraction of sp³-hybridized carbons (Fsp3) is 0.558. The molecule has 8 rings (SSSR count). The average molecular weight is 786 g/mol. The van der Waals surface area contributed by atoms with Crippen molar-refractivity contribution in [2.45, 2.75) is 97.1 Å². The summed E-state index contributed by atoms with van der Waals surface area (Å²) < 4.78 is 11.9. The number of nitrogens with zero attached hydrogens (tertiary/aromatic N) is 5. The van der Waals surface area contributed by atoms with Gasteiger partial charge in [0.15, 0.2) is 5.82 Å². The maximum absolute atomic E-state index is 12.3. The van der Waals surface area contributed by atoms with Crippen LogP contribution in [-0.4, -0.2) is 96.9 Å². The molecule has 2 saturated heterocycles. The van der Waals surface area contributed by atoms with Gasteiger partial charge in [-0.25, -0.2) is 14.8 Å². The second kappa shape index (κ2) is 19.4. The molecule has 2 atom stereocenters. The summed E-state index contributed by atoms with van der Waals surface area (Å²) >= 11 is 3.50. The SMILES string of the molecule is CC1CCCN1CCCOc1ccc(-c2nc3c(s2)CCCN3)cc1.CCNC(=O)N1CCCc2sc(-c3ccc(OCCCN4CCCC4C)cc3)nc21. The zero-order valence-electron chi connectivity index (χ0n) is 33.0. The number of carbonyl (C=O) groups excluding carboxylic acids is 1. The molecule has 0 saturated carbocycles. The number of carbonyl (C=O) groups is 1. The van der Waals surface area contributed by atoms with Crippen molar-refractivity contribution in [1.29, 1.82) is 0 Å². The normalized spacial score (nSPS) is 19.6. The Balaban J connectivity index is 0.000000172. The molecule has 0 bridgehead atoms. The first-order chi connectivity index (χ1) is 26.9. The number of aryl methyl sites for hydroxylation is 2. The molecule has 4 aliphatic rings. The molecule has 0 spiro atoms. The third-order valence-electron chi connectivity index (χ3n) is 11.2. The number of benzene rings is 2. The van der Waals surface area contributed by atoms with Crippen molar-refractivity contribution in [3.8, 4) is 32.6 Å². The quantitative estimate of drug-likeness (QED) is 0.130. The van der Waals surface area contributed by atoms with E-state index in [0.29, 0.717) is 6.54 Å². The van der Waals surface area contributed by atoms with E-state index in [9.17, 15) is 4.79 Å². The van der Waals surface area contributed by atoms with Gasteiger partial charge in [-0.1, -0.05) is 0 Å². The van der Waals surface area contributed by atoms with Gasteiger partial charge in [0, 0.05) is 65.7 Å². The van der Waals surface area contributed by atoms with Gasteiger partial charge < -0.3 is 29.9 Å². The highest BCUT2D eigenvalue weighted by Crippen LogP contribution is 2.37. The Morgan fingerprint density at radius 3 is 1.87 bits per heavy atom. The van der Waals surface area contributed by atoms with Gasteiger partial charge in [0.2, 0.25) is 0 Å². The molecule has 2 aromatic heterocycles. The molecular weight excluding hydrogens is 727 g/mol.